The van der Waals surface area contributed by atoms with Gasteiger partial charge in [0.25, 0.3) is 0 Å². The zero-order chi connectivity index (χ0) is 8.27. The minimum atomic E-state index is 0.982. The lowest BCUT2D eigenvalue weighted by molar-refractivity contribution is 1.36. The van der Waals surface area contributed by atoms with Gasteiger partial charge in [0.2, 0.25) is 0 Å². The lowest BCUT2D eigenvalue weighted by Crippen LogP contribution is -1.94. The summed E-state index contributed by atoms with van der Waals surface area (Å²) in [5.74, 6) is 0. The van der Waals surface area contributed by atoms with E-state index < -0.39 is 0 Å². The van der Waals surface area contributed by atoms with Crippen LogP contribution in [0.5, 0.6) is 0 Å². The predicted molar refractivity (Wildman–Crippen MR) is 51.8 cm³/mol. The molecule has 1 aromatic carbocycles. The third kappa shape index (κ3) is 1.84. The summed E-state index contributed by atoms with van der Waals surface area (Å²) in [5, 5.41) is 0. The Bertz CT molecular complexity index is 279. The van der Waals surface area contributed by atoms with E-state index in [2.05, 4.69) is 17.6 Å². The van der Waals surface area contributed by atoms with Gasteiger partial charge in [0.1, 0.15) is 0 Å². The van der Waals surface area contributed by atoms with Crippen LogP contribution in [0.1, 0.15) is 12.5 Å². The van der Waals surface area contributed by atoms with Crippen molar-refractivity contribution in [1.29, 1.82) is 0 Å². The highest BCUT2D eigenvalue weighted by Crippen LogP contribution is 2.13. The predicted octanol–water partition coefficient (Wildman–Crippen LogP) is 2.41. The molecule has 0 aliphatic carbocycles. The molecule has 0 aliphatic heterocycles. The van der Waals surface area contributed by atoms with Crippen molar-refractivity contribution < 1.29 is 0 Å². The van der Waals surface area contributed by atoms with Gasteiger partial charge in [0.15, 0.2) is 0 Å². The quantitative estimate of drug-likeness (QED) is 0.484. The second kappa shape index (κ2) is 3.58. The molecule has 0 bridgehead atoms. The molecule has 0 fully saturated rings. The summed E-state index contributed by atoms with van der Waals surface area (Å²) in [6.07, 6.45) is 0. The van der Waals surface area contributed by atoms with Gasteiger partial charge in [-0.1, -0.05) is 18.2 Å². The van der Waals surface area contributed by atoms with Crippen LogP contribution in [0.3, 0.4) is 0 Å². The number of aliphatic imine (C=N–C) groups is 1. The van der Waals surface area contributed by atoms with Gasteiger partial charge in [-0.15, -0.1) is 12.6 Å². The molecule has 1 nitrogen and oxygen atoms in total. The van der Waals surface area contributed by atoms with E-state index in [1.165, 1.54) is 0 Å². The molecule has 0 N–H and O–H groups in total. The van der Waals surface area contributed by atoms with Crippen molar-refractivity contribution in [2.75, 3.05) is 7.05 Å². The van der Waals surface area contributed by atoms with Gasteiger partial charge in [0, 0.05) is 23.2 Å². The second-order valence-electron chi connectivity index (χ2n) is 2.33. The molecule has 0 aromatic heterocycles. The van der Waals surface area contributed by atoms with Gasteiger partial charge >= 0.3 is 0 Å². The molecule has 0 aliphatic rings. The third-order valence-corrected chi connectivity index (χ3v) is 2.02. The van der Waals surface area contributed by atoms with E-state index in [9.17, 15) is 0 Å². The summed E-state index contributed by atoms with van der Waals surface area (Å²) in [6.45, 7) is 1.98. The number of hydrogen-bond acceptors (Lipinski definition) is 2. The Hall–Kier alpha value is -0.760. The van der Waals surface area contributed by atoms with E-state index in [4.69, 9.17) is 0 Å². The molecule has 0 saturated heterocycles. The van der Waals surface area contributed by atoms with Crippen molar-refractivity contribution in [2.45, 2.75) is 11.8 Å². The largest absolute Gasteiger partial charge is 0.293 e. The maximum Gasteiger partial charge on any atom is 0.0397 e. The van der Waals surface area contributed by atoms with Crippen LogP contribution in [-0.4, -0.2) is 12.8 Å². The van der Waals surface area contributed by atoms with Crippen LogP contribution in [-0.2, 0) is 0 Å². The Labute approximate surface area is 72.6 Å². The third-order valence-electron chi connectivity index (χ3n) is 1.63. The minimum Gasteiger partial charge on any atom is -0.293 e. The first-order chi connectivity index (χ1) is 5.25. The molecular weight excluding hydrogens is 154 g/mol. The van der Waals surface area contributed by atoms with Crippen LogP contribution in [0.2, 0.25) is 0 Å². The van der Waals surface area contributed by atoms with E-state index >= 15 is 0 Å². The number of benzene rings is 1. The van der Waals surface area contributed by atoms with Gasteiger partial charge in [0.05, 0.1) is 0 Å². The lowest BCUT2D eigenvalue weighted by Gasteiger charge is -2.01. The van der Waals surface area contributed by atoms with Crippen molar-refractivity contribution in [3.05, 3.63) is 29.8 Å². The Kier molecular flexibility index (Phi) is 2.71. The van der Waals surface area contributed by atoms with Gasteiger partial charge in [-0.05, 0) is 13.0 Å². The molecule has 0 saturated carbocycles. The maximum absolute atomic E-state index is 4.31. The van der Waals surface area contributed by atoms with E-state index in [-0.39, 0.29) is 0 Å². The highest BCUT2D eigenvalue weighted by molar-refractivity contribution is 7.80. The van der Waals surface area contributed by atoms with Crippen molar-refractivity contribution in [1.82, 2.24) is 0 Å². The molecule has 0 heterocycles. The van der Waals surface area contributed by atoms with Crippen LogP contribution in [0.4, 0.5) is 0 Å². The van der Waals surface area contributed by atoms with E-state index in [0.29, 0.717) is 0 Å². The van der Waals surface area contributed by atoms with Crippen LogP contribution in [0.25, 0.3) is 0 Å². The molecule has 1 aromatic rings. The molecule has 0 atom stereocenters. The molecule has 0 amide bonds. The van der Waals surface area contributed by atoms with E-state index in [1.807, 2.05) is 31.2 Å². The SMILES string of the molecule is CN=C(C)c1ccccc1S. The number of nitrogens with zero attached hydrogens (tertiary/aromatic N) is 1. The molecule has 2 heteroatoms. The number of rotatable bonds is 1. The summed E-state index contributed by atoms with van der Waals surface area (Å²) >= 11 is 4.31. The summed E-state index contributed by atoms with van der Waals surface area (Å²) in [5.41, 5.74) is 2.13. The first kappa shape index (κ1) is 8.34. The summed E-state index contributed by atoms with van der Waals surface area (Å²) in [6, 6.07) is 7.94. The molecule has 11 heavy (non-hydrogen) atoms. The topological polar surface area (TPSA) is 12.4 Å². The minimum absolute atomic E-state index is 0.982. The molecule has 0 unspecified atom stereocenters. The Morgan fingerprint density at radius 1 is 1.36 bits per heavy atom. The Balaban J connectivity index is 3.14. The van der Waals surface area contributed by atoms with Crippen molar-refractivity contribution in [2.24, 2.45) is 4.99 Å². The smallest absolute Gasteiger partial charge is 0.0397 e. The molecule has 1 rings (SSSR count). The van der Waals surface area contributed by atoms with Gasteiger partial charge < -0.3 is 0 Å². The fraction of sp³-hybridized carbons (Fsp3) is 0.222. The van der Waals surface area contributed by atoms with Crippen LogP contribution >= 0.6 is 12.6 Å². The van der Waals surface area contributed by atoms with Crippen LogP contribution in [0.15, 0.2) is 34.2 Å². The van der Waals surface area contributed by atoms with Crippen molar-refractivity contribution in [3.8, 4) is 0 Å². The standard InChI is InChI=1S/C9H11NS/c1-7(10-2)8-5-3-4-6-9(8)11/h3-6,11H,1-2H3. The Morgan fingerprint density at radius 3 is 2.55 bits per heavy atom. The summed E-state index contributed by atoms with van der Waals surface area (Å²) in [7, 11) is 1.79. The van der Waals surface area contributed by atoms with Crippen LogP contribution < -0.4 is 0 Å². The fourth-order valence-electron chi connectivity index (χ4n) is 0.900. The van der Waals surface area contributed by atoms with Crippen molar-refractivity contribution in [3.63, 3.8) is 0 Å². The zero-order valence-corrected chi connectivity index (χ0v) is 7.60. The first-order valence-electron chi connectivity index (χ1n) is 3.47. The van der Waals surface area contributed by atoms with Crippen molar-refractivity contribution >= 4 is 18.3 Å². The number of hydrogen-bond donors (Lipinski definition) is 1. The highest BCUT2D eigenvalue weighted by atomic mass is 32.1. The average Bonchev–Trinajstić information content (AvgIpc) is 2.04. The molecule has 58 valence electrons. The second-order valence-corrected chi connectivity index (χ2v) is 2.81. The first-order valence-corrected chi connectivity index (χ1v) is 3.92. The fourth-order valence-corrected chi connectivity index (χ4v) is 1.22. The van der Waals surface area contributed by atoms with Crippen LogP contribution in [0, 0.1) is 0 Å². The summed E-state index contributed by atoms with van der Waals surface area (Å²) < 4.78 is 0. The van der Waals surface area contributed by atoms with Gasteiger partial charge in [-0.3, -0.25) is 4.99 Å². The van der Waals surface area contributed by atoms with Gasteiger partial charge in [-0.2, -0.15) is 0 Å². The normalized spacial score (nSPS) is 11.7. The zero-order valence-electron chi connectivity index (χ0n) is 6.70. The maximum atomic E-state index is 4.31. The van der Waals surface area contributed by atoms with E-state index in [1.54, 1.807) is 7.05 Å². The monoisotopic (exact) mass is 165 g/mol. The number of thiol groups is 1. The summed E-state index contributed by atoms with van der Waals surface area (Å²) in [4.78, 5) is 5.07. The molecular formula is C9H11NS. The Morgan fingerprint density at radius 2 is 2.00 bits per heavy atom. The average molecular weight is 165 g/mol. The molecule has 0 spiro atoms. The van der Waals surface area contributed by atoms with Gasteiger partial charge in [-0.25, -0.2) is 0 Å². The van der Waals surface area contributed by atoms with E-state index in [0.717, 1.165) is 16.2 Å². The molecule has 0 radical (unpaired) electrons. The lowest BCUT2D eigenvalue weighted by atomic mass is 10.1. The highest BCUT2D eigenvalue weighted by Gasteiger charge is 1.98.